The number of hydrogen-bond acceptors (Lipinski definition) is 4. The fourth-order valence-corrected chi connectivity index (χ4v) is 2.91. The lowest BCUT2D eigenvalue weighted by atomic mass is 10.1. The Morgan fingerprint density at radius 2 is 1.91 bits per heavy atom. The molecule has 0 amide bonds. The third-order valence-electron chi connectivity index (χ3n) is 3.28. The summed E-state index contributed by atoms with van der Waals surface area (Å²) in [6.45, 7) is 3.40. The normalized spacial score (nSPS) is 12.0. The molecule has 0 N–H and O–H groups in total. The zero-order valence-electron chi connectivity index (χ0n) is 12.8. The Balaban J connectivity index is 1.88. The SMILES string of the molecule is Cc1ccc(C(=O)CCC(=O)OC(C)c2ccc(F)cc2F)s1. The molecule has 0 bridgehead atoms. The van der Waals surface area contributed by atoms with E-state index in [-0.39, 0.29) is 24.2 Å². The van der Waals surface area contributed by atoms with Crippen molar-refractivity contribution in [1.82, 2.24) is 0 Å². The number of esters is 1. The van der Waals surface area contributed by atoms with Crippen LogP contribution in [0.15, 0.2) is 30.3 Å². The molecule has 0 saturated carbocycles. The van der Waals surface area contributed by atoms with Gasteiger partial charge in [-0.15, -0.1) is 11.3 Å². The van der Waals surface area contributed by atoms with Crippen LogP contribution < -0.4 is 0 Å². The third kappa shape index (κ3) is 4.69. The van der Waals surface area contributed by atoms with Crippen LogP contribution in [0.1, 0.15) is 46.0 Å². The van der Waals surface area contributed by atoms with Crippen molar-refractivity contribution in [3.8, 4) is 0 Å². The second kappa shape index (κ2) is 7.46. The molecular formula is C17H16F2O3S. The second-order valence-corrected chi connectivity index (χ2v) is 6.42. The van der Waals surface area contributed by atoms with Gasteiger partial charge in [-0.25, -0.2) is 8.78 Å². The Morgan fingerprint density at radius 1 is 1.17 bits per heavy atom. The van der Waals surface area contributed by atoms with E-state index >= 15 is 0 Å². The van der Waals surface area contributed by atoms with Crippen LogP contribution in [0, 0.1) is 18.6 Å². The van der Waals surface area contributed by atoms with Crippen molar-refractivity contribution < 1.29 is 23.1 Å². The Hall–Kier alpha value is -2.08. The second-order valence-electron chi connectivity index (χ2n) is 5.13. The first-order valence-electron chi connectivity index (χ1n) is 7.11. The van der Waals surface area contributed by atoms with Crippen LogP contribution in [0.4, 0.5) is 8.78 Å². The molecule has 0 radical (unpaired) electrons. The first kappa shape index (κ1) is 17.3. The standard InChI is InChI=1S/C17H16F2O3S/c1-10-3-7-16(23-10)15(20)6-8-17(21)22-11(2)13-5-4-12(18)9-14(13)19/h3-5,7,9,11H,6,8H2,1-2H3. The topological polar surface area (TPSA) is 43.4 Å². The minimum atomic E-state index is -0.845. The van der Waals surface area contributed by atoms with Crippen LogP contribution in [0.25, 0.3) is 0 Å². The molecule has 122 valence electrons. The number of ketones is 1. The first-order chi connectivity index (χ1) is 10.9. The van der Waals surface area contributed by atoms with Gasteiger partial charge in [-0.05, 0) is 38.1 Å². The molecule has 1 heterocycles. The number of aryl methyl sites for hydroxylation is 1. The van der Waals surface area contributed by atoms with Crippen molar-refractivity contribution >= 4 is 23.1 Å². The Morgan fingerprint density at radius 3 is 2.52 bits per heavy atom. The zero-order chi connectivity index (χ0) is 17.0. The Labute approximate surface area is 136 Å². The molecule has 0 aliphatic heterocycles. The van der Waals surface area contributed by atoms with Gasteiger partial charge >= 0.3 is 5.97 Å². The molecule has 0 aliphatic carbocycles. The highest BCUT2D eigenvalue weighted by Crippen LogP contribution is 2.22. The minimum Gasteiger partial charge on any atom is -0.458 e. The highest BCUT2D eigenvalue weighted by molar-refractivity contribution is 7.14. The van der Waals surface area contributed by atoms with Gasteiger partial charge in [0.1, 0.15) is 17.7 Å². The van der Waals surface area contributed by atoms with Crippen molar-refractivity contribution in [3.05, 3.63) is 57.3 Å². The summed E-state index contributed by atoms with van der Waals surface area (Å²) in [6, 6.07) is 6.65. The smallest absolute Gasteiger partial charge is 0.306 e. The van der Waals surface area contributed by atoms with E-state index in [4.69, 9.17) is 4.74 Å². The van der Waals surface area contributed by atoms with E-state index in [9.17, 15) is 18.4 Å². The van der Waals surface area contributed by atoms with Crippen LogP contribution in [0.3, 0.4) is 0 Å². The largest absolute Gasteiger partial charge is 0.458 e. The molecular weight excluding hydrogens is 322 g/mol. The number of carbonyl (C=O) groups is 2. The van der Waals surface area contributed by atoms with Gasteiger partial charge in [0.2, 0.25) is 0 Å². The predicted octanol–water partition coefficient (Wildman–Crippen LogP) is 4.60. The van der Waals surface area contributed by atoms with Crippen molar-refractivity contribution in [2.75, 3.05) is 0 Å². The lowest BCUT2D eigenvalue weighted by Crippen LogP contribution is -2.11. The van der Waals surface area contributed by atoms with Gasteiger partial charge in [0.15, 0.2) is 5.78 Å². The summed E-state index contributed by atoms with van der Waals surface area (Å²) in [7, 11) is 0. The molecule has 1 aromatic heterocycles. The molecule has 0 fully saturated rings. The number of ether oxygens (including phenoxy) is 1. The summed E-state index contributed by atoms with van der Waals surface area (Å²) in [5.74, 6) is -2.18. The molecule has 23 heavy (non-hydrogen) atoms. The average Bonchev–Trinajstić information content (AvgIpc) is 2.91. The summed E-state index contributed by atoms with van der Waals surface area (Å²) in [4.78, 5) is 25.3. The van der Waals surface area contributed by atoms with Crippen LogP contribution in [-0.2, 0) is 9.53 Å². The lowest BCUT2D eigenvalue weighted by Gasteiger charge is -2.14. The number of thiophene rings is 1. The van der Waals surface area contributed by atoms with Crippen molar-refractivity contribution in [3.63, 3.8) is 0 Å². The van der Waals surface area contributed by atoms with Gasteiger partial charge < -0.3 is 4.74 Å². The van der Waals surface area contributed by atoms with Crippen LogP contribution in [0.5, 0.6) is 0 Å². The van der Waals surface area contributed by atoms with Gasteiger partial charge in [-0.1, -0.05) is 0 Å². The molecule has 0 spiro atoms. The van der Waals surface area contributed by atoms with Crippen LogP contribution >= 0.6 is 11.3 Å². The monoisotopic (exact) mass is 338 g/mol. The highest BCUT2D eigenvalue weighted by Gasteiger charge is 2.17. The molecule has 0 aliphatic rings. The summed E-state index contributed by atoms with van der Waals surface area (Å²) >= 11 is 1.37. The van der Waals surface area contributed by atoms with Crippen molar-refractivity contribution in [1.29, 1.82) is 0 Å². The van der Waals surface area contributed by atoms with E-state index in [1.165, 1.54) is 24.3 Å². The van der Waals surface area contributed by atoms with E-state index in [1.807, 2.05) is 13.0 Å². The van der Waals surface area contributed by atoms with E-state index in [1.54, 1.807) is 6.07 Å². The Kier molecular flexibility index (Phi) is 5.60. The fraction of sp³-hybridized carbons (Fsp3) is 0.294. The maximum Gasteiger partial charge on any atom is 0.306 e. The number of Topliss-reactive ketones (excluding diaryl/α,β-unsaturated/α-hetero) is 1. The molecule has 6 heteroatoms. The maximum absolute atomic E-state index is 13.6. The minimum absolute atomic E-state index is 0.0391. The van der Waals surface area contributed by atoms with Gasteiger partial charge in [-0.3, -0.25) is 9.59 Å². The summed E-state index contributed by atoms with van der Waals surface area (Å²) < 4.78 is 31.6. The van der Waals surface area contributed by atoms with E-state index in [2.05, 4.69) is 0 Å². The quantitative estimate of drug-likeness (QED) is 0.571. The third-order valence-corrected chi connectivity index (χ3v) is 4.32. The lowest BCUT2D eigenvalue weighted by molar-refractivity contribution is -0.148. The van der Waals surface area contributed by atoms with Gasteiger partial charge in [-0.2, -0.15) is 0 Å². The number of carbonyl (C=O) groups excluding carboxylic acids is 2. The van der Waals surface area contributed by atoms with E-state index < -0.39 is 23.7 Å². The molecule has 3 nitrogen and oxygen atoms in total. The van der Waals surface area contributed by atoms with Crippen molar-refractivity contribution in [2.45, 2.75) is 32.8 Å². The number of halogens is 2. The molecule has 2 rings (SSSR count). The van der Waals surface area contributed by atoms with Crippen LogP contribution in [0.2, 0.25) is 0 Å². The summed E-state index contributed by atoms with van der Waals surface area (Å²) in [5.41, 5.74) is 0.0972. The fourth-order valence-electron chi connectivity index (χ4n) is 2.07. The maximum atomic E-state index is 13.6. The summed E-state index contributed by atoms with van der Waals surface area (Å²) in [6.07, 6.45) is -0.887. The van der Waals surface area contributed by atoms with Crippen LogP contribution in [-0.4, -0.2) is 11.8 Å². The van der Waals surface area contributed by atoms with E-state index in [0.29, 0.717) is 4.88 Å². The molecule has 1 aromatic carbocycles. The molecule has 1 unspecified atom stereocenters. The summed E-state index contributed by atoms with van der Waals surface area (Å²) in [5, 5.41) is 0. The number of hydrogen-bond donors (Lipinski definition) is 0. The number of benzene rings is 1. The Bertz CT molecular complexity index is 724. The first-order valence-corrected chi connectivity index (χ1v) is 7.92. The highest BCUT2D eigenvalue weighted by atomic mass is 32.1. The van der Waals surface area contributed by atoms with Gasteiger partial charge in [0.25, 0.3) is 0 Å². The predicted molar refractivity (Wildman–Crippen MR) is 83.5 cm³/mol. The average molecular weight is 338 g/mol. The van der Waals surface area contributed by atoms with Gasteiger partial charge in [0, 0.05) is 22.9 Å². The molecule has 2 aromatic rings. The molecule has 1 atom stereocenters. The zero-order valence-corrected chi connectivity index (χ0v) is 13.6. The van der Waals surface area contributed by atoms with Gasteiger partial charge in [0.05, 0.1) is 11.3 Å². The number of rotatable bonds is 6. The van der Waals surface area contributed by atoms with Crippen molar-refractivity contribution in [2.24, 2.45) is 0 Å². The molecule has 0 saturated heterocycles. The van der Waals surface area contributed by atoms with E-state index in [0.717, 1.165) is 17.0 Å².